The van der Waals surface area contributed by atoms with Gasteiger partial charge in [-0.3, -0.25) is 9.59 Å². The average Bonchev–Trinajstić information content (AvgIpc) is 3.02. The summed E-state index contributed by atoms with van der Waals surface area (Å²) in [6.07, 6.45) is 1.39. The molecule has 29 heavy (non-hydrogen) atoms. The zero-order valence-electron chi connectivity index (χ0n) is 16.2. The van der Waals surface area contributed by atoms with Crippen molar-refractivity contribution in [3.8, 4) is 5.75 Å². The molecule has 0 aliphatic heterocycles. The van der Waals surface area contributed by atoms with Gasteiger partial charge >= 0.3 is 5.97 Å². The number of aromatic nitrogens is 2. The quantitative estimate of drug-likeness (QED) is 0.618. The SMILES string of the molecule is COc1cc(Cl)c(C)cc1NC(=O)COC(=O)c1sc2ncn(C)c(=O)c2c1C. The second kappa shape index (κ2) is 8.22. The van der Waals surface area contributed by atoms with Crippen LogP contribution in [0.4, 0.5) is 5.69 Å². The fraction of sp³-hybridized carbons (Fsp3) is 0.263. The van der Waals surface area contributed by atoms with Crippen molar-refractivity contribution in [3.05, 3.63) is 49.8 Å². The summed E-state index contributed by atoms with van der Waals surface area (Å²) in [6, 6.07) is 3.26. The molecule has 0 fully saturated rings. The highest BCUT2D eigenvalue weighted by atomic mass is 35.5. The van der Waals surface area contributed by atoms with E-state index in [0.29, 0.717) is 32.2 Å². The highest BCUT2D eigenvalue weighted by Crippen LogP contribution is 2.31. The lowest BCUT2D eigenvalue weighted by molar-refractivity contribution is -0.119. The number of methoxy groups -OCH3 is 1. The number of nitrogens with zero attached hydrogens (tertiary/aromatic N) is 2. The van der Waals surface area contributed by atoms with E-state index in [1.165, 1.54) is 18.0 Å². The Morgan fingerprint density at radius 1 is 1.31 bits per heavy atom. The van der Waals surface area contributed by atoms with Gasteiger partial charge in [-0.1, -0.05) is 11.6 Å². The van der Waals surface area contributed by atoms with Crippen molar-refractivity contribution in [1.82, 2.24) is 9.55 Å². The number of anilines is 1. The lowest BCUT2D eigenvalue weighted by atomic mass is 10.2. The molecule has 0 saturated heterocycles. The zero-order valence-corrected chi connectivity index (χ0v) is 17.7. The fourth-order valence-electron chi connectivity index (χ4n) is 2.72. The third-order valence-electron chi connectivity index (χ3n) is 4.29. The maximum absolute atomic E-state index is 12.4. The number of hydrogen-bond donors (Lipinski definition) is 1. The Labute approximate surface area is 175 Å². The number of amides is 1. The summed E-state index contributed by atoms with van der Waals surface area (Å²) >= 11 is 7.11. The van der Waals surface area contributed by atoms with E-state index < -0.39 is 18.5 Å². The van der Waals surface area contributed by atoms with Crippen molar-refractivity contribution < 1.29 is 19.1 Å². The molecule has 1 N–H and O–H groups in total. The molecule has 3 rings (SSSR count). The highest BCUT2D eigenvalue weighted by molar-refractivity contribution is 7.20. The lowest BCUT2D eigenvalue weighted by Gasteiger charge is -2.12. The number of fused-ring (bicyclic) bond motifs is 1. The van der Waals surface area contributed by atoms with E-state index in [4.69, 9.17) is 21.1 Å². The number of halogens is 1. The number of aryl methyl sites for hydroxylation is 3. The van der Waals surface area contributed by atoms with Gasteiger partial charge in [-0.2, -0.15) is 0 Å². The van der Waals surface area contributed by atoms with Gasteiger partial charge in [0.25, 0.3) is 11.5 Å². The topological polar surface area (TPSA) is 99.5 Å². The largest absolute Gasteiger partial charge is 0.495 e. The molecule has 3 aromatic rings. The molecular weight excluding hydrogens is 418 g/mol. The zero-order chi connectivity index (χ0) is 21.3. The maximum atomic E-state index is 12.4. The predicted molar refractivity (Wildman–Crippen MR) is 111 cm³/mol. The molecule has 1 aromatic carbocycles. The Kier molecular flexibility index (Phi) is 5.90. The smallest absolute Gasteiger partial charge is 0.349 e. The number of rotatable bonds is 5. The number of ether oxygens (including phenoxy) is 2. The molecule has 0 radical (unpaired) electrons. The first-order chi connectivity index (χ1) is 13.7. The molecular formula is C19H18ClN3O5S. The third kappa shape index (κ3) is 4.10. The number of esters is 1. The van der Waals surface area contributed by atoms with Gasteiger partial charge in [0.1, 0.15) is 15.5 Å². The van der Waals surface area contributed by atoms with Crippen molar-refractivity contribution in [1.29, 1.82) is 0 Å². The summed E-state index contributed by atoms with van der Waals surface area (Å²) in [4.78, 5) is 41.8. The predicted octanol–water partition coefficient (Wildman–Crippen LogP) is 3.07. The molecule has 0 atom stereocenters. The molecule has 152 valence electrons. The van der Waals surface area contributed by atoms with Crippen LogP contribution in [0.3, 0.4) is 0 Å². The minimum absolute atomic E-state index is 0.239. The Morgan fingerprint density at radius 3 is 2.72 bits per heavy atom. The Balaban J connectivity index is 1.73. The summed E-state index contributed by atoms with van der Waals surface area (Å²) in [5.74, 6) is -0.837. The molecule has 0 unspecified atom stereocenters. The molecule has 0 aliphatic rings. The Morgan fingerprint density at radius 2 is 2.03 bits per heavy atom. The van der Waals surface area contributed by atoms with Gasteiger partial charge in [-0.15, -0.1) is 11.3 Å². The molecule has 10 heteroatoms. The van der Waals surface area contributed by atoms with Gasteiger partial charge in [0, 0.05) is 18.1 Å². The highest BCUT2D eigenvalue weighted by Gasteiger charge is 2.21. The van der Waals surface area contributed by atoms with E-state index in [1.807, 2.05) is 0 Å². The summed E-state index contributed by atoms with van der Waals surface area (Å²) in [7, 11) is 3.04. The molecule has 0 aliphatic carbocycles. The monoisotopic (exact) mass is 435 g/mol. The fourth-order valence-corrected chi connectivity index (χ4v) is 3.90. The lowest BCUT2D eigenvalue weighted by Crippen LogP contribution is -2.21. The van der Waals surface area contributed by atoms with E-state index in [1.54, 1.807) is 33.0 Å². The third-order valence-corrected chi connectivity index (χ3v) is 5.87. The molecule has 8 nitrogen and oxygen atoms in total. The van der Waals surface area contributed by atoms with Crippen molar-refractivity contribution in [2.45, 2.75) is 13.8 Å². The molecule has 0 bridgehead atoms. The van der Waals surface area contributed by atoms with Gasteiger partial charge in [-0.25, -0.2) is 9.78 Å². The van der Waals surface area contributed by atoms with Gasteiger partial charge in [-0.05, 0) is 31.0 Å². The maximum Gasteiger partial charge on any atom is 0.349 e. The second-order valence-corrected chi connectivity index (χ2v) is 7.73. The Bertz CT molecular complexity index is 1180. The molecule has 2 aromatic heterocycles. The van der Waals surface area contributed by atoms with Gasteiger partial charge in [0.15, 0.2) is 6.61 Å². The van der Waals surface area contributed by atoms with Crippen LogP contribution >= 0.6 is 22.9 Å². The van der Waals surface area contributed by atoms with Crippen LogP contribution in [0.5, 0.6) is 5.75 Å². The van der Waals surface area contributed by atoms with Crippen LogP contribution in [-0.4, -0.2) is 35.1 Å². The molecule has 1 amide bonds. The number of nitrogens with one attached hydrogen (secondary N) is 1. The number of hydrogen-bond acceptors (Lipinski definition) is 7. The summed E-state index contributed by atoms with van der Waals surface area (Å²) in [6.45, 7) is 2.95. The first kappa shape index (κ1) is 20.8. The van der Waals surface area contributed by atoms with Crippen molar-refractivity contribution in [3.63, 3.8) is 0 Å². The van der Waals surface area contributed by atoms with Crippen LogP contribution in [0, 0.1) is 13.8 Å². The van der Waals surface area contributed by atoms with Crippen LogP contribution in [0.1, 0.15) is 20.8 Å². The summed E-state index contributed by atoms with van der Waals surface area (Å²) in [5.41, 5.74) is 1.42. The van der Waals surface area contributed by atoms with Crippen molar-refractivity contribution >= 4 is 50.7 Å². The average molecular weight is 436 g/mol. The van der Waals surface area contributed by atoms with Gasteiger partial charge in [0.05, 0.1) is 24.5 Å². The number of carbonyl (C=O) groups is 2. The molecule has 2 heterocycles. The van der Waals surface area contributed by atoms with Gasteiger partial charge < -0.3 is 19.4 Å². The minimum atomic E-state index is -0.693. The van der Waals surface area contributed by atoms with E-state index in [-0.39, 0.29) is 10.4 Å². The van der Waals surface area contributed by atoms with Crippen molar-refractivity contribution in [2.24, 2.45) is 7.05 Å². The summed E-state index contributed by atoms with van der Waals surface area (Å²) < 4.78 is 11.7. The molecule has 0 saturated carbocycles. The summed E-state index contributed by atoms with van der Waals surface area (Å²) in [5, 5.41) is 3.51. The molecule has 0 spiro atoms. The number of thiophene rings is 1. The van der Waals surface area contributed by atoms with Crippen LogP contribution in [0.2, 0.25) is 5.02 Å². The standard InChI is InChI=1S/C19H18ClN3O5S/c1-9-5-12(13(27-4)6-11(9)20)22-14(24)7-28-19(26)16-10(2)15-17(29-16)21-8-23(3)18(15)25/h5-6,8H,7H2,1-4H3,(H,22,24). The number of carbonyl (C=O) groups excluding carboxylic acids is 2. The first-order valence-corrected chi connectivity index (χ1v) is 9.68. The van der Waals surface area contributed by atoms with Crippen molar-refractivity contribution in [2.75, 3.05) is 19.0 Å². The van der Waals surface area contributed by atoms with Crippen LogP contribution in [0.15, 0.2) is 23.3 Å². The normalized spacial score (nSPS) is 10.8. The Hall–Kier alpha value is -2.91. The number of benzene rings is 1. The van der Waals surface area contributed by atoms with E-state index in [0.717, 1.165) is 16.9 Å². The van der Waals surface area contributed by atoms with E-state index in [2.05, 4.69) is 10.3 Å². The van der Waals surface area contributed by atoms with Gasteiger partial charge in [0.2, 0.25) is 0 Å². The van der Waals surface area contributed by atoms with Crippen LogP contribution in [0.25, 0.3) is 10.2 Å². The van der Waals surface area contributed by atoms with Crippen LogP contribution < -0.4 is 15.6 Å². The van der Waals surface area contributed by atoms with E-state index in [9.17, 15) is 14.4 Å². The second-order valence-electron chi connectivity index (χ2n) is 6.32. The first-order valence-electron chi connectivity index (χ1n) is 8.48. The van der Waals surface area contributed by atoms with Crippen LogP contribution in [-0.2, 0) is 16.6 Å². The minimum Gasteiger partial charge on any atom is -0.495 e. The van der Waals surface area contributed by atoms with E-state index >= 15 is 0 Å².